The van der Waals surface area contributed by atoms with Gasteiger partial charge >= 0.3 is 6.09 Å². The standard InChI is InChI=1S/C17H30N2O3/c1-7-13(15-9-8-10-21-15)19-14(12(2)3)11-18-16(20)22-17(4,5)6/h8-10,12-14,19H,7,11H2,1-6H3,(H,18,20). The Balaban J connectivity index is 2.56. The van der Waals surface area contributed by atoms with Gasteiger partial charge in [0.25, 0.3) is 0 Å². The van der Waals surface area contributed by atoms with Crippen LogP contribution in [0.3, 0.4) is 0 Å². The Morgan fingerprint density at radius 1 is 1.36 bits per heavy atom. The number of furan rings is 1. The second kappa shape index (κ2) is 8.22. The van der Waals surface area contributed by atoms with Crippen LogP contribution >= 0.6 is 0 Å². The maximum absolute atomic E-state index is 11.8. The Bertz CT molecular complexity index is 435. The molecule has 2 atom stereocenters. The van der Waals surface area contributed by atoms with Gasteiger partial charge in [0.15, 0.2) is 0 Å². The van der Waals surface area contributed by atoms with Gasteiger partial charge in [-0.3, -0.25) is 0 Å². The van der Waals surface area contributed by atoms with Crippen LogP contribution in [0.1, 0.15) is 59.8 Å². The lowest BCUT2D eigenvalue weighted by Crippen LogP contribution is -2.46. The molecule has 0 aliphatic carbocycles. The molecule has 1 heterocycles. The van der Waals surface area contributed by atoms with E-state index in [2.05, 4.69) is 31.4 Å². The lowest BCUT2D eigenvalue weighted by atomic mass is 10.0. The quantitative estimate of drug-likeness (QED) is 0.802. The predicted molar refractivity (Wildman–Crippen MR) is 87.7 cm³/mol. The number of amides is 1. The van der Waals surface area contributed by atoms with Crippen LogP contribution in [0.5, 0.6) is 0 Å². The van der Waals surface area contributed by atoms with E-state index in [-0.39, 0.29) is 18.2 Å². The molecular weight excluding hydrogens is 280 g/mol. The van der Waals surface area contributed by atoms with Crippen molar-refractivity contribution in [3.05, 3.63) is 24.2 Å². The number of carbonyl (C=O) groups excluding carboxylic acids is 1. The lowest BCUT2D eigenvalue weighted by molar-refractivity contribution is 0.0518. The first-order chi connectivity index (χ1) is 10.2. The topological polar surface area (TPSA) is 63.5 Å². The monoisotopic (exact) mass is 310 g/mol. The fraction of sp³-hybridized carbons (Fsp3) is 0.706. The third kappa shape index (κ3) is 6.52. The molecule has 5 nitrogen and oxygen atoms in total. The fourth-order valence-electron chi connectivity index (χ4n) is 2.14. The Hall–Kier alpha value is -1.49. The van der Waals surface area contributed by atoms with Gasteiger partial charge in [-0.1, -0.05) is 20.8 Å². The third-order valence-electron chi connectivity index (χ3n) is 3.38. The van der Waals surface area contributed by atoms with Gasteiger partial charge in [-0.2, -0.15) is 0 Å². The van der Waals surface area contributed by atoms with Gasteiger partial charge in [-0.15, -0.1) is 0 Å². The minimum Gasteiger partial charge on any atom is -0.468 e. The molecule has 22 heavy (non-hydrogen) atoms. The number of alkyl carbamates (subject to hydrolysis) is 1. The highest BCUT2D eigenvalue weighted by atomic mass is 16.6. The van der Waals surface area contributed by atoms with E-state index in [1.165, 1.54) is 0 Å². The molecule has 1 aromatic heterocycles. The van der Waals surface area contributed by atoms with Crippen LogP contribution in [0.15, 0.2) is 22.8 Å². The van der Waals surface area contributed by atoms with Crippen molar-refractivity contribution in [2.24, 2.45) is 5.92 Å². The molecule has 1 rings (SSSR count). The zero-order chi connectivity index (χ0) is 16.8. The van der Waals surface area contributed by atoms with E-state index in [0.717, 1.165) is 12.2 Å². The molecule has 1 aromatic rings. The summed E-state index contributed by atoms with van der Waals surface area (Å²) in [4.78, 5) is 11.8. The van der Waals surface area contributed by atoms with Gasteiger partial charge < -0.3 is 19.8 Å². The van der Waals surface area contributed by atoms with E-state index >= 15 is 0 Å². The number of hydrogen-bond donors (Lipinski definition) is 2. The molecule has 0 aliphatic heterocycles. The van der Waals surface area contributed by atoms with Crippen molar-refractivity contribution in [3.8, 4) is 0 Å². The summed E-state index contributed by atoms with van der Waals surface area (Å²) in [5.74, 6) is 1.30. The van der Waals surface area contributed by atoms with Gasteiger partial charge in [-0.25, -0.2) is 4.79 Å². The second-order valence-electron chi connectivity index (χ2n) is 6.88. The molecule has 0 spiro atoms. The summed E-state index contributed by atoms with van der Waals surface area (Å²) in [6.45, 7) is 12.5. The lowest BCUT2D eigenvalue weighted by Gasteiger charge is -2.28. The summed E-state index contributed by atoms with van der Waals surface area (Å²) in [7, 11) is 0. The van der Waals surface area contributed by atoms with Crippen molar-refractivity contribution >= 4 is 6.09 Å². The number of carbonyl (C=O) groups is 1. The van der Waals surface area contributed by atoms with Crippen LogP contribution in [0.2, 0.25) is 0 Å². The third-order valence-corrected chi connectivity index (χ3v) is 3.38. The summed E-state index contributed by atoms with van der Waals surface area (Å²) in [5.41, 5.74) is -0.481. The molecule has 0 saturated heterocycles. The Kier molecular flexibility index (Phi) is 6.94. The highest BCUT2D eigenvalue weighted by Gasteiger charge is 2.22. The first-order valence-corrected chi connectivity index (χ1v) is 7.99. The highest BCUT2D eigenvalue weighted by molar-refractivity contribution is 5.67. The molecule has 0 aliphatic rings. The largest absolute Gasteiger partial charge is 0.468 e. The van der Waals surface area contributed by atoms with Gasteiger partial charge in [0.1, 0.15) is 11.4 Å². The summed E-state index contributed by atoms with van der Waals surface area (Å²) in [5, 5.41) is 6.40. The van der Waals surface area contributed by atoms with E-state index in [9.17, 15) is 4.79 Å². The molecule has 0 radical (unpaired) electrons. The average Bonchev–Trinajstić information content (AvgIpc) is 2.90. The maximum atomic E-state index is 11.8. The molecule has 5 heteroatoms. The van der Waals surface area contributed by atoms with Gasteiger partial charge in [-0.05, 0) is 45.2 Å². The molecular formula is C17H30N2O3. The summed E-state index contributed by atoms with van der Waals surface area (Å²) < 4.78 is 10.8. The minimum absolute atomic E-state index is 0.141. The van der Waals surface area contributed by atoms with Crippen molar-refractivity contribution in [2.45, 2.75) is 65.6 Å². The molecule has 2 unspecified atom stereocenters. The molecule has 1 amide bonds. The SMILES string of the molecule is CCC(NC(CNC(=O)OC(C)(C)C)C(C)C)c1ccco1. The van der Waals surface area contributed by atoms with E-state index in [4.69, 9.17) is 9.15 Å². The average molecular weight is 310 g/mol. The van der Waals surface area contributed by atoms with Crippen LogP contribution in [0, 0.1) is 5.92 Å². The van der Waals surface area contributed by atoms with E-state index in [1.807, 2.05) is 32.9 Å². The van der Waals surface area contributed by atoms with Crippen molar-refractivity contribution in [1.82, 2.24) is 10.6 Å². The van der Waals surface area contributed by atoms with Crippen LogP contribution in [-0.2, 0) is 4.74 Å². The van der Waals surface area contributed by atoms with E-state index in [0.29, 0.717) is 12.5 Å². The molecule has 0 bridgehead atoms. The molecule has 126 valence electrons. The predicted octanol–water partition coefficient (Wildman–Crippen LogP) is 3.87. The van der Waals surface area contributed by atoms with Crippen LogP contribution in [0.4, 0.5) is 4.79 Å². The first-order valence-electron chi connectivity index (χ1n) is 7.99. The van der Waals surface area contributed by atoms with Crippen LogP contribution < -0.4 is 10.6 Å². The van der Waals surface area contributed by atoms with Gasteiger partial charge in [0.05, 0.1) is 12.3 Å². The summed E-state index contributed by atoms with van der Waals surface area (Å²) >= 11 is 0. The van der Waals surface area contributed by atoms with Crippen molar-refractivity contribution in [1.29, 1.82) is 0 Å². The van der Waals surface area contributed by atoms with Crippen molar-refractivity contribution in [3.63, 3.8) is 0 Å². The minimum atomic E-state index is -0.481. The summed E-state index contributed by atoms with van der Waals surface area (Å²) in [6, 6.07) is 4.15. The molecule has 0 fully saturated rings. The Labute approximate surface area is 133 Å². The van der Waals surface area contributed by atoms with Crippen LogP contribution in [0.25, 0.3) is 0 Å². The molecule has 0 saturated carbocycles. The normalized spacial score (nSPS) is 14.7. The smallest absolute Gasteiger partial charge is 0.407 e. The Morgan fingerprint density at radius 3 is 2.50 bits per heavy atom. The van der Waals surface area contributed by atoms with E-state index < -0.39 is 5.60 Å². The number of ether oxygens (including phenoxy) is 1. The van der Waals surface area contributed by atoms with Crippen molar-refractivity contribution in [2.75, 3.05) is 6.54 Å². The zero-order valence-electron chi connectivity index (χ0n) is 14.6. The maximum Gasteiger partial charge on any atom is 0.407 e. The summed E-state index contributed by atoms with van der Waals surface area (Å²) in [6.07, 6.45) is 2.22. The Morgan fingerprint density at radius 2 is 2.05 bits per heavy atom. The molecule has 0 aromatic carbocycles. The number of nitrogens with one attached hydrogen (secondary N) is 2. The van der Waals surface area contributed by atoms with Gasteiger partial charge in [0, 0.05) is 12.6 Å². The number of hydrogen-bond acceptors (Lipinski definition) is 4. The second-order valence-corrected chi connectivity index (χ2v) is 6.88. The number of rotatable bonds is 7. The van der Waals surface area contributed by atoms with E-state index in [1.54, 1.807) is 6.26 Å². The van der Waals surface area contributed by atoms with Gasteiger partial charge in [0.2, 0.25) is 0 Å². The fourth-order valence-corrected chi connectivity index (χ4v) is 2.14. The highest BCUT2D eigenvalue weighted by Crippen LogP contribution is 2.19. The first kappa shape index (κ1) is 18.6. The van der Waals surface area contributed by atoms with Crippen LogP contribution in [-0.4, -0.2) is 24.3 Å². The molecule has 2 N–H and O–H groups in total. The zero-order valence-corrected chi connectivity index (χ0v) is 14.6. The van der Waals surface area contributed by atoms with Crippen molar-refractivity contribution < 1.29 is 13.9 Å².